The van der Waals surface area contributed by atoms with Gasteiger partial charge in [-0.3, -0.25) is 4.79 Å². The number of hydrogen-bond acceptors (Lipinski definition) is 3. The molecule has 0 saturated carbocycles. The first-order valence-electron chi connectivity index (χ1n) is 7.05. The molecule has 0 radical (unpaired) electrons. The maximum Gasteiger partial charge on any atom is 0.261 e. The van der Waals surface area contributed by atoms with E-state index in [0.29, 0.717) is 17.0 Å². The van der Waals surface area contributed by atoms with Crippen molar-refractivity contribution in [2.45, 2.75) is 13.8 Å². The van der Waals surface area contributed by atoms with Crippen LogP contribution in [0.2, 0.25) is 0 Å². The molecule has 3 aromatic rings. The van der Waals surface area contributed by atoms with Gasteiger partial charge in [0.1, 0.15) is 11.3 Å². The molecule has 1 N–H and O–H groups in total. The Bertz CT molecular complexity index is 770. The second-order valence-electron chi connectivity index (χ2n) is 5.10. The van der Waals surface area contributed by atoms with Crippen molar-refractivity contribution in [3.8, 4) is 11.1 Å². The number of benzene rings is 2. The van der Waals surface area contributed by atoms with Crippen LogP contribution in [0, 0.1) is 13.8 Å². The number of rotatable bonds is 3. The topological polar surface area (TPSA) is 55.1 Å². The van der Waals surface area contributed by atoms with Gasteiger partial charge < -0.3 is 9.84 Å². The normalized spacial score (nSPS) is 10.5. The van der Waals surface area contributed by atoms with E-state index >= 15 is 0 Å². The second-order valence-corrected chi connectivity index (χ2v) is 5.10. The van der Waals surface area contributed by atoms with Crippen LogP contribution in [0.4, 0.5) is 5.69 Å². The maximum atomic E-state index is 12.3. The highest BCUT2D eigenvalue weighted by Crippen LogP contribution is 2.22. The molecule has 1 aromatic heterocycles. The first kappa shape index (κ1) is 14.1. The molecule has 0 saturated heterocycles. The van der Waals surface area contributed by atoms with E-state index in [1.54, 1.807) is 13.8 Å². The zero-order chi connectivity index (χ0) is 15.5. The third-order valence-electron chi connectivity index (χ3n) is 3.51. The van der Waals surface area contributed by atoms with Gasteiger partial charge in [0.05, 0.1) is 5.69 Å². The second kappa shape index (κ2) is 5.85. The van der Waals surface area contributed by atoms with Crippen molar-refractivity contribution in [2.75, 3.05) is 5.32 Å². The average Bonchev–Trinajstić information content (AvgIpc) is 2.88. The fraction of sp³-hybridized carbons (Fsp3) is 0.111. The van der Waals surface area contributed by atoms with Crippen molar-refractivity contribution in [3.63, 3.8) is 0 Å². The van der Waals surface area contributed by atoms with E-state index in [2.05, 4.69) is 22.6 Å². The summed E-state index contributed by atoms with van der Waals surface area (Å²) >= 11 is 0. The molecule has 1 amide bonds. The summed E-state index contributed by atoms with van der Waals surface area (Å²) < 4.78 is 5.02. The number of nitrogens with one attached hydrogen (secondary N) is 1. The van der Waals surface area contributed by atoms with Crippen molar-refractivity contribution in [1.82, 2.24) is 5.16 Å². The van der Waals surface area contributed by atoms with Gasteiger partial charge in [-0.2, -0.15) is 0 Å². The van der Waals surface area contributed by atoms with E-state index in [4.69, 9.17) is 4.52 Å². The molecule has 4 nitrogen and oxygen atoms in total. The summed E-state index contributed by atoms with van der Waals surface area (Å²) in [4.78, 5) is 12.3. The largest absolute Gasteiger partial charge is 0.361 e. The SMILES string of the molecule is Cc1noc(C)c1C(=O)Nc1ccc(-c2ccccc2)cc1. The Kier molecular flexibility index (Phi) is 3.74. The highest BCUT2D eigenvalue weighted by atomic mass is 16.5. The molecular weight excluding hydrogens is 276 g/mol. The van der Waals surface area contributed by atoms with Crippen LogP contribution >= 0.6 is 0 Å². The highest BCUT2D eigenvalue weighted by molar-refractivity contribution is 6.05. The molecule has 0 spiro atoms. The van der Waals surface area contributed by atoms with Crippen molar-refractivity contribution in [1.29, 1.82) is 0 Å². The summed E-state index contributed by atoms with van der Waals surface area (Å²) in [7, 11) is 0. The fourth-order valence-electron chi connectivity index (χ4n) is 2.38. The van der Waals surface area contributed by atoms with Crippen LogP contribution in [-0.2, 0) is 0 Å². The predicted octanol–water partition coefficient (Wildman–Crippen LogP) is 4.21. The van der Waals surface area contributed by atoms with Gasteiger partial charge in [-0.15, -0.1) is 0 Å². The molecule has 0 unspecified atom stereocenters. The summed E-state index contributed by atoms with van der Waals surface area (Å²) in [5, 5.41) is 6.66. The van der Waals surface area contributed by atoms with Gasteiger partial charge in [0, 0.05) is 5.69 Å². The number of amides is 1. The number of nitrogens with zero attached hydrogens (tertiary/aromatic N) is 1. The number of anilines is 1. The van der Waals surface area contributed by atoms with Crippen molar-refractivity contribution >= 4 is 11.6 Å². The van der Waals surface area contributed by atoms with Crippen LogP contribution in [0.1, 0.15) is 21.8 Å². The van der Waals surface area contributed by atoms with Crippen molar-refractivity contribution < 1.29 is 9.32 Å². The van der Waals surface area contributed by atoms with E-state index in [-0.39, 0.29) is 5.91 Å². The van der Waals surface area contributed by atoms with Crippen LogP contribution in [0.5, 0.6) is 0 Å². The van der Waals surface area contributed by atoms with Crippen LogP contribution in [0.25, 0.3) is 11.1 Å². The molecule has 3 rings (SSSR count). The van der Waals surface area contributed by atoms with E-state index in [0.717, 1.165) is 16.8 Å². The first-order valence-corrected chi connectivity index (χ1v) is 7.05. The molecule has 0 aliphatic carbocycles. The standard InChI is InChI=1S/C18H16N2O2/c1-12-17(13(2)22-20-12)18(21)19-16-10-8-15(9-11-16)14-6-4-3-5-7-14/h3-11H,1-2H3,(H,19,21). The Morgan fingerprint density at radius 3 is 2.18 bits per heavy atom. The Balaban J connectivity index is 1.78. The molecular formula is C18H16N2O2. The zero-order valence-electron chi connectivity index (χ0n) is 12.5. The molecule has 110 valence electrons. The van der Waals surface area contributed by atoms with Gasteiger partial charge in [0.25, 0.3) is 5.91 Å². The minimum atomic E-state index is -0.205. The lowest BCUT2D eigenvalue weighted by Crippen LogP contribution is -2.13. The summed E-state index contributed by atoms with van der Waals surface area (Å²) in [6.45, 7) is 3.48. The minimum Gasteiger partial charge on any atom is -0.361 e. The number of aromatic nitrogens is 1. The molecule has 0 bridgehead atoms. The zero-order valence-corrected chi connectivity index (χ0v) is 12.5. The van der Waals surface area contributed by atoms with Gasteiger partial charge in [0.15, 0.2) is 0 Å². The lowest BCUT2D eigenvalue weighted by Gasteiger charge is -2.06. The van der Waals surface area contributed by atoms with Gasteiger partial charge in [-0.25, -0.2) is 0 Å². The Labute approximate surface area is 128 Å². The molecule has 0 atom stereocenters. The Morgan fingerprint density at radius 1 is 0.955 bits per heavy atom. The quantitative estimate of drug-likeness (QED) is 0.786. The summed E-state index contributed by atoms with van der Waals surface area (Å²) in [5.74, 6) is 0.319. The summed E-state index contributed by atoms with van der Waals surface area (Å²) in [6, 6.07) is 17.8. The molecule has 0 aliphatic rings. The highest BCUT2D eigenvalue weighted by Gasteiger charge is 2.17. The minimum absolute atomic E-state index is 0.205. The van der Waals surface area contributed by atoms with Gasteiger partial charge in [0.2, 0.25) is 0 Å². The average molecular weight is 292 g/mol. The van der Waals surface area contributed by atoms with Crippen LogP contribution in [-0.4, -0.2) is 11.1 Å². The molecule has 1 heterocycles. The van der Waals surface area contributed by atoms with Crippen molar-refractivity contribution in [3.05, 3.63) is 71.6 Å². The molecule has 0 aliphatic heterocycles. The third kappa shape index (κ3) is 2.76. The van der Waals surface area contributed by atoms with Gasteiger partial charge >= 0.3 is 0 Å². The maximum absolute atomic E-state index is 12.3. The lowest BCUT2D eigenvalue weighted by atomic mass is 10.1. The van der Waals surface area contributed by atoms with E-state index in [1.807, 2.05) is 42.5 Å². The monoisotopic (exact) mass is 292 g/mol. The molecule has 22 heavy (non-hydrogen) atoms. The number of aryl methyl sites for hydroxylation is 2. The Morgan fingerprint density at radius 2 is 1.59 bits per heavy atom. The van der Waals surface area contributed by atoms with E-state index in [9.17, 15) is 4.79 Å². The van der Waals surface area contributed by atoms with Crippen LogP contribution in [0.15, 0.2) is 59.1 Å². The predicted molar refractivity (Wildman–Crippen MR) is 85.8 cm³/mol. The third-order valence-corrected chi connectivity index (χ3v) is 3.51. The van der Waals surface area contributed by atoms with E-state index < -0.39 is 0 Å². The van der Waals surface area contributed by atoms with Crippen LogP contribution < -0.4 is 5.32 Å². The van der Waals surface area contributed by atoms with Crippen LogP contribution in [0.3, 0.4) is 0 Å². The first-order chi connectivity index (χ1) is 10.6. The number of carbonyl (C=O) groups excluding carboxylic acids is 1. The van der Waals surface area contributed by atoms with Gasteiger partial charge in [-0.1, -0.05) is 47.6 Å². The molecule has 4 heteroatoms. The summed E-state index contributed by atoms with van der Waals surface area (Å²) in [5.41, 5.74) is 4.08. The number of hydrogen-bond donors (Lipinski definition) is 1. The van der Waals surface area contributed by atoms with E-state index in [1.165, 1.54) is 0 Å². The lowest BCUT2D eigenvalue weighted by molar-refractivity contribution is 0.102. The fourth-order valence-corrected chi connectivity index (χ4v) is 2.38. The van der Waals surface area contributed by atoms with Gasteiger partial charge in [-0.05, 0) is 37.1 Å². The summed E-state index contributed by atoms with van der Waals surface area (Å²) in [6.07, 6.45) is 0. The molecule has 0 fully saturated rings. The van der Waals surface area contributed by atoms with Crippen molar-refractivity contribution in [2.24, 2.45) is 0 Å². The number of carbonyl (C=O) groups is 1. The molecule has 2 aromatic carbocycles. The Hall–Kier alpha value is -2.88. The smallest absolute Gasteiger partial charge is 0.261 e.